The molecule has 0 amide bonds. The van der Waals surface area contributed by atoms with Crippen LogP contribution in [0.4, 0.5) is 0 Å². The molecule has 0 N–H and O–H groups in total. The van der Waals surface area contributed by atoms with E-state index >= 15 is 0 Å². The fraction of sp³-hybridized carbons (Fsp3) is 0.826. The van der Waals surface area contributed by atoms with Crippen LogP contribution in [0.15, 0.2) is 24.8 Å². The molecule has 1 saturated heterocycles. The zero-order chi connectivity index (χ0) is 19.6. The average Bonchev–Trinajstić information content (AvgIpc) is 2.83. The molecule has 0 spiro atoms. The lowest BCUT2D eigenvalue weighted by Gasteiger charge is -2.57. The molecule has 0 bridgehead atoms. The minimum atomic E-state index is -1.60. The van der Waals surface area contributed by atoms with Crippen molar-refractivity contribution < 1.29 is 9.16 Å². The average molecular weight is 379 g/mol. The minimum Gasteiger partial charge on any atom is -0.417 e. The van der Waals surface area contributed by atoms with Crippen LogP contribution in [0.2, 0.25) is 18.1 Å². The second kappa shape index (κ2) is 8.32. The van der Waals surface area contributed by atoms with Crippen molar-refractivity contribution in [3.05, 3.63) is 24.8 Å². The summed E-state index contributed by atoms with van der Waals surface area (Å²) in [5.41, 5.74) is 0.175. The molecule has 2 fully saturated rings. The molecule has 0 radical (unpaired) electrons. The van der Waals surface area contributed by atoms with Crippen molar-refractivity contribution in [1.82, 2.24) is 0 Å². The number of ether oxygens (including phenoxy) is 1. The SMILES string of the molecule is C=C[C@@]12[C@H](C)OC[C@@H]1[C@H](CCC)[C@H]2/C=C/CCCO[Si](C)(C)C(C)(C)C. The van der Waals surface area contributed by atoms with Crippen molar-refractivity contribution in [2.45, 2.75) is 84.5 Å². The van der Waals surface area contributed by atoms with E-state index in [0.29, 0.717) is 23.0 Å². The minimum absolute atomic E-state index is 0.175. The van der Waals surface area contributed by atoms with Crippen LogP contribution in [0, 0.1) is 23.2 Å². The van der Waals surface area contributed by atoms with E-state index in [-0.39, 0.29) is 5.41 Å². The molecule has 0 aromatic carbocycles. The van der Waals surface area contributed by atoms with Gasteiger partial charge in [0, 0.05) is 12.0 Å². The first kappa shape index (κ1) is 21.9. The van der Waals surface area contributed by atoms with Gasteiger partial charge in [0.1, 0.15) is 0 Å². The van der Waals surface area contributed by atoms with Crippen LogP contribution in [0.1, 0.15) is 60.3 Å². The monoisotopic (exact) mass is 378 g/mol. The van der Waals surface area contributed by atoms with Gasteiger partial charge in [0.2, 0.25) is 0 Å². The smallest absolute Gasteiger partial charge is 0.191 e. The van der Waals surface area contributed by atoms with Crippen molar-refractivity contribution >= 4 is 8.32 Å². The van der Waals surface area contributed by atoms with Gasteiger partial charge in [0.15, 0.2) is 8.32 Å². The quantitative estimate of drug-likeness (QED) is 0.256. The van der Waals surface area contributed by atoms with Crippen molar-refractivity contribution in [3.8, 4) is 0 Å². The highest BCUT2D eigenvalue weighted by molar-refractivity contribution is 6.74. The number of unbranched alkanes of at least 4 members (excludes halogenated alkanes) is 1. The van der Waals surface area contributed by atoms with Crippen LogP contribution in [0.3, 0.4) is 0 Å². The molecule has 2 nitrogen and oxygen atoms in total. The summed E-state index contributed by atoms with van der Waals surface area (Å²) in [4.78, 5) is 0. The highest BCUT2D eigenvalue weighted by Crippen LogP contribution is 2.64. The van der Waals surface area contributed by atoms with Gasteiger partial charge in [-0.2, -0.15) is 0 Å². The molecular weight excluding hydrogens is 336 g/mol. The number of hydrogen-bond acceptors (Lipinski definition) is 2. The van der Waals surface area contributed by atoms with E-state index in [2.05, 4.69) is 72.5 Å². The maximum atomic E-state index is 6.30. The lowest BCUT2D eigenvalue weighted by atomic mass is 9.45. The van der Waals surface area contributed by atoms with E-state index in [1.165, 1.54) is 12.8 Å². The third kappa shape index (κ3) is 3.91. The zero-order valence-electron chi connectivity index (χ0n) is 18.3. The van der Waals surface area contributed by atoms with Crippen LogP contribution in [-0.2, 0) is 9.16 Å². The van der Waals surface area contributed by atoms with Gasteiger partial charge in [-0.1, -0.05) is 52.3 Å². The second-order valence-electron chi connectivity index (χ2n) is 9.94. The Balaban J connectivity index is 1.87. The van der Waals surface area contributed by atoms with Gasteiger partial charge in [-0.05, 0) is 62.1 Å². The number of fused-ring (bicyclic) bond motifs is 1. The van der Waals surface area contributed by atoms with Crippen molar-refractivity contribution in [1.29, 1.82) is 0 Å². The third-order valence-electron chi connectivity index (χ3n) is 7.53. The molecule has 1 aliphatic heterocycles. The van der Waals surface area contributed by atoms with Crippen LogP contribution in [-0.4, -0.2) is 27.6 Å². The summed E-state index contributed by atoms with van der Waals surface area (Å²) in [6.45, 7) is 22.1. The summed E-state index contributed by atoms with van der Waals surface area (Å²) >= 11 is 0. The molecule has 1 saturated carbocycles. The molecule has 0 aromatic heterocycles. The lowest BCUT2D eigenvalue weighted by Crippen LogP contribution is -2.56. The van der Waals surface area contributed by atoms with Crippen molar-refractivity contribution in [2.75, 3.05) is 13.2 Å². The van der Waals surface area contributed by atoms with E-state index in [9.17, 15) is 0 Å². The Morgan fingerprint density at radius 1 is 1.31 bits per heavy atom. The molecule has 2 aliphatic rings. The largest absolute Gasteiger partial charge is 0.417 e. The number of allylic oxidation sites excluding steroid dienone is 2. The molecule has 2 rings (SSSR count). The zero-order valence-corrected chi connectivity index (χ0v) is 19.3. The summed E-state index contributed by atoms with van der Waals surface area (Å²) in [6, 6.07) is 0. The third-order valence-corrected chi connectivity index (χ3v) is 12.1. The van der Waals surface area contributed by atoms with Gasteiger partial charge in [0.05, 0.1) is 12.7 Å². The van der Waals surface area contributed by atoms with Gasteiger partial charge in [-0.25, -0.2) is 0 Å². The predicted molar refractivity (Wildman–Crippen MR) is 115 cm³/mol. The summed E-state index contributed by atoms with van der Waals surface area (Å²) in [6.07, 6.45) is 12.2. The molecule has 1 heterocycles. The summed E-state index contributed by atoms with van der Waals surface area (Å²) in [5.74, 6) is 2.04. The standard InChI is InChI=1S/C23H42O2Si/c1-9-14-19-20(23(10-2)18(3)24-17-21(19)23)15-12-11-13-16-25-26(7,8)22(4,5)6/h10,12,15,18-21H,2,9,11,13-14,16-17H2,1,3-8H3/b15-12+/t18-,19+,20+,21+,23-/m0/s1. The predicted octanol–water partition coefficient (Wildman–Crippen LogP) is 6.60. The molecule has 26 heavy (non-hydrogen) atoms. The first-order valence-electron chi connectivity index (χ1n) is 10.7. The highest BCUT2D eigenvalue weighted by Gasteiger charge is 2.64. The normalized spacial score (nSPS) is 34.7. The maximum Gasteiger partial charge on any atom is 0.191 e. The van der Waals surface area contributed by atoms with Crippen molar-refractivity contribution in [3.63, 3.8) is 0 Å². The molecule has 5 atom stereocenters. The van der Waals surface area contributed by atoms with Gasteiger partial charge in [-0.15, -0.1) is 6.58 Å². The van der Waals surface area contributed by atoms with Crippen LogP contribution in [0.25, 0.3) is 0 Å². The van der Waals surface area contributed by atoms with Gasteiger partial charge < -0.3 is 9.16 Å². The van der Waals surface area contributed by atoms with Crippen LogP contribution < -0.4 is 0 Å². The van der Waals surface area contributed by atoms with E-state index < -0.39 is 8.32 Å². The Bertz CT molecular complexity index is 505. The Labute approximate surface area is 163 Å². The molecule has 3 heteroatoms. The first-order chi connectivity index (χ1) is 12.1. The second-order valence-corrected chi connectivity index (χ2v) is 14.8. The first-order valence-corrected chi connectivity index (χ1v) is 13.6. The van der Waals surface area contributed by atoms with Gasteiger partial charge in [0.25, 0.3) is 0 Å². The fourth-order valence-electron chi connectivity index (χ4n) is 4.82. The van der Waals surface area contributed by atoms with E-state index in [0.717, 1.165) is 32.0 Å². The van der Waals surface area contributed by atoms with Crippen molar-refractivity contribution in [2.24, 2.45) is 23.2 Å². The summed E-state index contributed by atoms with van der Waals surface area (Å²) < 4.78 is 12.3. The Kier molecular flexibility index (Phi) is 7.01. The molecule has 0 unspecified atom stereocenters. The van der Waals surface area contributed by atoms with Crippen LogP contribution in [0.5, 0.6) is 0 Å². The number of hydrogen-bond donors (Lipinski definition) is 0. The molecular formula is C23H42O2Si. The van der Waals surface area contributed by atoms with Crippen LogP contribution >= 0.6 is 0 Å². The molecule has 0 aromatic rings. The summed E-state index contributed by atoms with van der Waals surface area (Å²) in [5, 5.41) is 0.298. The Hall–Kier alpha value is -0.383. The Morgan fingerprint density at radius 3 is 2.58 bits per heavy atom. The molecule has 1 aliphatic carbocycles. The van der Waals surface area contributed by atoms with E-state index in [4.69, 9.17) is 9.16 Å². The van der Waals surface area contributed by atoms with Gasteiger partial charge >= 0.3 is 0 Å². The topological polar surface area (TPSA) is 18.5 Å². The Morgan fingerprint density at radius 2 is 2.00 bits per heavy atom. The number of rotatable bonds is 9. The molecule has 150 valence electrons. The maximum absolute atomic E-state index is 6.30. The van der Waals surface area contributed by atoms with E-state index in [1.54, 1.807) is 0 Å². The lowest BCUT2D eigenvalue weighted by molar-refractivity contribution is -0.0469. The highest BCUT2D eigenvalue weighted by atomic mass is 28.4. The summed E-state index contributed by atoms with van der Waals surface area (Å²) in [7, 11) is -1.60. The fourth-order valence-corrected chi connectivity index (χ4v) is 5.91. The van der Waals surface area contributed by atoms with E-state index in [1.807, 2.05) is 0 Å². The van der Waals surface area contributed by atoms with Gasteiger partial charge in [-0.3, -0.25) is 0 Å².